The Morgan fingerprint density at radius 3 is 1.96 bits per heavy atom. The van der Waals surface area contributed by atoms with Crippen molar-refractivity contribution >= 4 is 18.6 Å². The molecule has 3 rings (SSSR count). The van der Waals surface area contributed by atoms with Crippen molar-refractivity contribution in [2.24, 2.45) is 0 Å². The molecule has 1 unspecified atom stereocenters. The maximum absolute atomic E-state index is 13.2. The van der Waals surface area contributed by atoms with Crippen LogP contribution in [0.3, 0.4) is 0 Å². The first-order chi connectivity index (χ1) is 12.4. The van der Waals surface area contributed by atoms with E-state index in [9.17, 15) is 9.36 Å². The van der Waals surface area contributed by atoms with Gasteiger partial charge in [0.1, 0.15) is 0 Å². The SMILES string of the molecule is Cc1ccc(-c2ccccc2[P](=O)C(=O)c2c(C)cc(C)cc2C)cc1. The summed E-state index contributed by atoms with van der Waals surface area (Å²) in [5.41, 5.74) is 6.13. The molecule has 0 amide bonds. The van der Waals surface area contributed by atoms with Crippen LogP contribution in [-0.4, -0.2) is 5.52 Å². The topological polar surface area (TPSA) is 34.1 Å². The van der Waals surface area contributed by atoms with Crippen LogP contribution in [0.5, 0.6) is 0 Å². The van der Waals surface area contributed by atoms with E-state index < -0.39 is 7.80 Å². The van der Waals surface area contributed by atoms with Crippen LogP contribution in [0.4, 0.5) is 0 Å². The smallest absolute Gasteiger partial charge is 0.247 e. The summed E-state index contributed by atoms with van der Waals surface area (Å²) in [6, 6.07) is 19.5. The maximum atomic E-state index is 13.2. The van der Waals surface area contributed by atoms with Crippen LogP contribution in [0.25, 0.3) is 11.1 Å². The van der Waals surface area contributed by atoms with Gasteiger partial charge in [-0.05, 0) is 56.0 Å². The van der Waals surface area contributed by atoms with Gasteiger partial charge in [-0.2, -0.15) is 0 Å². The van der Waals surface area contributed by atoms with E-state index in [0.29, 0.717) is 10.9 Å². The molecule has 0 saturated heterocycles. The molecule has 0 fully saturated rings. The van der Waals surface area contributed by atoms with Crippen LogP contribution in [-0.2, 0) is 4.57 Å². The van der Waals surface area contributed by atoms with Crippen molar-refractivity contribution < 1.29 is 9.36 Å². The molecule has 0 aliphatic carbocycles. The molecule has 1 radical (unpaired) electrons. The van der Waals surface area contributed by atoms with Crippen molar-refractivity contribution in [3.05, 3.63) is 88.5 Å². The second-order valence-electron chi connectivity index (χ2n) is 6.76. The first-order valence-electron chi connectivity index (χ1n) is 8.64. The lowest BCUT2D eigenvalue weighted by molar-refractivity contribution is 0.107. The number of benzene rings is 3. The minimum atomic E-state index is -2.20. The molecule has 3 aromatic carbocycles. The van der Waals surface area contributed by atoms with E-state index in [4.69, 9.17) is 0 Å². The second kappa shape index (κ2) is 7.35. The van der Waals surface area contributed by atoms with Crippen molar-refractivity contribution in [1.82, 2.24) is 0 Å². The monoisotopic (exact) mass is 361 g/mol. The lowest BCUT2D eigenvalue weighted by atomic mass is 10.0. The van der Waals surface area contributed by atoms with Crippen molar-refractivity contribution in [3.63, 3.8) is 0 Å². The zero-order chi connectivity index (χ0) is 18.8. The lowest BCUT2D eigenvalue weighted by Gasteiger charge is -2.12. The quantitative estimate of drug-likeness (QED) is 0.544. The van der Waals surface area contributed by atoms with E-state index in [2.05, 4.69) is 0 Å². The highest BCUT2D eigenvalue weighted by Crippen LogP contribution is 2.34. The van der Waals surface area contributed by atoms with Crippen LogP contribution in [0.1, 0.15) is 32.6 Å². The van der Waals surface area contributed by atoms with Gasteiger partial charge in [0.25, 0.3) is 0 Å². The van der Waals surface area contributed by atoms with Crippen LogP contribution in [0, 0.1) is 27.7 Å². The minimum absolute atomic E-state index is 0.297. The third kappa shape index (κ3) is 3.52. The van der Waals surface area contributed by atoms with Crippen molar-refractivity contribution in [3.8, 4) is 11.1 Å². The van der Waals surface area contributed by atoms with Crippen molar-refractivity contribution in [2.75, 3.05) is 0 Å². The average Bonchev–Trinajstić information content (AvgIpc) is 2.61. The van der Waals surface area contributed by atoms with Gasteiger partial charge in [0.05, 0.1) is 0 Å². The standard InChI is InChI=1S/C23H22O2P/c1-15-9-11-19(12-10-15)20-7-5-6-8-21(20)26(25)23(24)22-17(3)13-16(2)14-18(22)4/h5-14H,1-4H3. The molecule has 0 saturated carbocycles. The van der Waals surface area contributed by atoms with Crippen LogP contribution in [0.2, 0.25) is 0 Å². The summed E-state index contributed by atoms with van der Waals surface area (Å²) in [5, 5.41) is 0.593. The summed E-state index contributed by atoms with van der Waals surface area (Å²) in [6.45, 7) is 7.84. The zero-order valence-electron chi connectivity index (χ0n) is 15.5. The second-order valence-corrected chi connectivity index (χ2v) is 8.23. The van der Waals surface area contributed by atoms with Crippen LogP contribution < -0.4 is 5.30 Å². The summed E-state index contributed by atoms with van der Waals surface area (Å²) in [4.78, 5) is 13.1. The van der Waals surface area contributed by atoms with E-state index in [0.717, 1.165) is 33.4 Å². The van der Waals surface area contributed by atoms with Gasteiger partial charge in [0, 0.05) is 10.9 Å². The predicted molar refractivity (Wildman–Crippen MR) is 109 cm³/mol. The van der Waals surface area contributed by atoms with Gasteiger partial charge in [0.15, 0.2) is 7.80 Å². The molecule has 3 heteroatoms. The van der Waals surface area contributed by atoms with Gasteiger partial charge in [-0.1, -0.05) is 65.7 Å². The van der Waals surface area contributed by atoms with Gasteiger partial charge in [-0.25, -0.2) is 0 Å². The third-order valence-electron chi connectivity index (χ3n) is 4.56. The first kappa shape index (κ1) is 18.2. The molecule has 0 aliphatic heterocycles. The van der Waals surface area contributed by atoms with Crippen LogP contribution in [0.15, 0.2) is 60.7 Å². The lowest BCUT2D eigenvalue weighted by Crippen LogP contribution is -2.10. The van der Waals surface area contributed by atoms with Gasteiger partial charge in [-0.3, -0.25) is 9.36 Å². The number of aryl methyl sites for hydroxylation is 4. The zero-order valence-corrected chi connectivity index (χ0v) is 16.4. The van der Waals surface area contributed by atoms with Crippen LogP contribution >= 0.6 is 7.80 Å². The molecular weight excluding hydrogens is 339 g/mol. The molecule has 0 bridgehead atoms. The van der Waals surface area contributed by atoms with E-state index in [1.165, 1.54) is 0 Å². The van der Waals surface area contributed by atoms with Gasteiger partial charge >= 0.3 is 0 Å². The van der Waals surface area contributed by atoms with E-state index >= 15 is 0 Å². The molecule has 0 aromatic heterocycles. The number of carbonyl (C=O) groups is 1. The number of hydrogen-bond acceptors (Lipinski definition) is 2. The van der Waals surface area contributed by atoms with E-state index in [-0.39, 0.29) is 5.52 Å². The molecule has 131 valence electrons. The molecule has 0 spiro atoms. The predicted octanol–water partition coefficient (Wildman–Crippen LogP) is 5.88. The molecule has 0 aliphatic rings. The van der Waals surface area contributed by atoms with Crippen molar-refractivity contribution in [2.45, 2.75) is 27.7 Å². The Balaban J connectivity index is 2.07. The Bertz CT molecular complexity index is 978. The summed E-state index contributed by atoms with van der Waals surface area (Å²) >= 11 is 0. The number of hydrogen-bond donors (Lipinski definition) is 0. The maximum Gasteiger partial charge on any atom is 0.247 e. The van der Waals surface area contributed by atoms with Crippen molar-refractivity contribution in [1.29, 1.82) is 0 Å². The number of rotatable bonds is 4. The fourth-order valence-corrected chi connectivity index (χ4v) is 4.77. The molecular formula is C23H22O2P. The highest BCUT2D eigenvalue weighted by Gasteiger charge is 2.23. The van der Waals surface area contributed by atoms with Gasteiger partial charge < -0.3 is 0 Å². The highest BCUT2D eigenvalue weighted by atomic mass is 31.1. The highest BCUT2D eigenvalue weighted by molar-refractivity contribution is 7.71. The molecule has 0 N–H and O–H groups in total. The fraction of sp³-hybridized carbons (Fsp3) is 0.174. The molecule has 1 atom stereocenters. The summed E-state index contributed by atoms with van der Waals surface area (Å²) < 4.78 is 13.2. The normalized spacial score (nSPS) is 11.3. The summed E-state index contributed by atoms with van der Waals surface area (Å²) in [6.07, 6.45) is 0. The average molecular weight is 361 g/mol. The molecule has 3 aromatic rings. The Labute approximate surface area is 155 Å². The Hall–Kier alpha value is -2.57. The molecule has 26 heavy (non-hydrogen) atoms. The molecule has 2 nitrogen and oxygen atoms in total. The Kier molecular flexibility index (Phi) is 5.15. The minimum Gasteiger partial charge on any atom is -0.281 e. The fourth-order valence-electron chi connectivity index (χ4n) is 3.36. The Morgan fingerprint density at radius 1 is 0.769 bits per heavy atom. The van der Waals surface area contributed by atoms with Gasteiger partial charge in [0.2, 0.25) is 5.52 Å². The first-order valence-corrected chi connectivity index (χ1v) is 9.90. The summed E-state index contributed by atoms with van der Waals surface area (Å²) in [5.74, 6) is 0. The third-order valence-corrected chi connectivity index (χ3v) is 5.98. The Morgan fingerprint density at radius 2 is 1.35 bits per heavy atom. The van der Waals surface area contributed by atoms with E-state index in [1.807, 2.05) is 82.3 Å². The number of carbonyl (C=O) groups excluding carboxylic acids is 1. The largest absolute Gasteiger partial charge is 0.281 e. The molecule has 0 heterocycles. The van der Waals surface area contributed by atoms with Gasteiger partial charge in [-0.15, -0.1) is 0 Å². The van der Waals surface area contributed by atoms with E-state index in [1.54, 1.807) is 6.07 Å². The summed E-state index contributed by atoms with van der Waals surface area (Å²) in [7, 11) is -2.20.